The van der Waals surface area contributed by atoms with Crippen LogP contribution in [0.15, 0.2) is 89.6 Å². The molecule has 5 heteroatoms. The molecule has 0 unspecified atom stereocenters. The highest BCUT2D eigenvalue weighted by Gasteiger charge is 2.30. The largest absolute Gasteiger partial charge is 0.467 e. The van der Waals surface area contributed by atoms with E-state index < -0.39 is 0 Å². The lowest BCUT2D eigenvalue weighted by Crippen LogP contribution is -2.43. The fraction of sp³-hybridized carbons (Fsp3) is 0.259. The molecule has 0 bridgehead atoms. The molecular weight excluding hydrogens is 400 g/mol. The number of benzene rings is 2. The fourth-order valence-corrected chi connectivity index (χ4v) is 4.05. The predicted octanol–water partition coefficient (Wildman–Crippen LogP) is 4.76. The van der Waals surface area contributed by atoms with Crippen LogP contribution in [0.3, 0.4) is 0 Å². The first kappa shape index (κ1) is 21.6. The summed E-state index contributed by atoms with van der Waals surface area (Å²) in [6.07, 6.45) is 6.44. The smallest absolute Gasteiger partial charge is 0.246 e. The van der Waals surface area contributed by atoms with Crippen molar-refractivity contribution in [3.63, 3.8) is 0 Å². The van der Waals surface area contributed by atoms with E-state index in [0.29, 0.717) is 39.0 Å². The van der Waals surface area contributed by atoms with Gasteiger partial charge in [-0.1, -0.05) is 60.7 Å². The number of hydrogen-bond donors (Lipinski definition) is 0. The average Bonchev–Trinajstić information content (AvgIpc) is 3.36. The van der Waals surface area contributed by atoms with E-state index in [1.165, 1.54) is 0 Å². The number of amides is 2. The Kier molecular flexibility index (Phi) is 7.18. The van der Waals surface area contributed by atoms with Gasteiger partial charge in [-0.15, -0.1) is 0 Å². The predicted molar refractivity (Wildman–Crippen MR) is 124 cm³/mol. The number of nitrogens with zero attached hydrogens (tertiary/aromatic N) is 2. The zero-order chi connectivity index (χ0) is 22.2. The third kappa shape index (κ3) is 5.76. The lowest BCUT2D eigenvalue weighted by atomic mass is 9.94. The van der Waals surface area contributed by atoms with Crippen molar-refractivity contribution in [1.82, 2.24) is 9.80 Å². The standard InChI is InChI=1S/C27H28N2O3/c30-26(14-13-22-8-3-1-4-9-22)28-17-15-24(16-18-28)27(31)29(21-25-12-7-19-32-25)20-23-10-5-2-6-11-23/h1-14,19,24H,15-18,20-21H2. The van der Waals surface area contributed by atoms with Gasteiger partial charge in [-0.3, -0.25) is 9.59 Å². The van der Waals surface area contributed by atoms with Crippen LogP contribution in [0.1, 0.15) is 29.7 Å². The molecule has 0 spiro atoms. The summed E-state index contributed by atoms with van der Waals surface area (Å²) in [4.78, 5) is 29.6. The second-order valence-corrected chi connectivity index (χ2v) is 8.10. The SMILES string of the molecule is O=C(C=Cc1ccccc1)N1CCC(C(=O)N(Cc2ccccc2)Cc2ccco2)CC1. The van der Waals surface area contributed by atoms with E-state index in [4.69, 9.17) is 4.42 Å². The van der Waals surface area contributed by atoms with Crippen LogP contribution in [0.2, 0.25) is 0 Å². The normalized spacial score (nSPS) is 14.6. The first-order valence-corrected chi connectivity index (χ1v) is 11.1. The van der Waals surface area contributed by atoms with Crippen molar-refractivity contribution in [1.29, 1.82) is 0 Å². The molecule has 1 aromatic heterocycles. The maximum atomic E-state index is 13.4. The second kappa shape index (κ2) is 10.6. The first-order valence-electron chi connectivity index (χ1n) is 11.1. The molecule has 32 heavy (non-hydrogen) atoms. The van der Waals surface area contributed by atoms with Gasteiger partial charge in [0.25, 0.3) is 0 Å². The molecule has 0 radical (unpaired) electrons. The van der Waals surface area contributed by atoms with Crippen LogP contribution < -0.4 is 0 Å². The van der Waals surface area contributed by atoms with E-state index in [9.17, 15) is 9.59 Å². The Labute approximate surface area is 189 Å². The quantitative estimate of drug-likeness (QED) is 0.510. The maximum absolute atomic E-state index is 13.4. The molecule has 0 saturated carbocycles. The van der Waals surface area contributed by atoms with Crippen molar-refractivity contribution >= 4 is 17.9 Å². The van der Waals surface area contributed by atoms with Gasteiger partial charge in [0.1, 0.15) is 5.76 Å². The van der Waals surface area contributed by atoms with Crippen molar-refractivity contribution in [2.45, 2.75) is 25.9 Å². The molecule has 1 fully saturated rings. The van der Waals surface area contributed by atoms with Gasteiger partial charge in [0.2, 0.25) is 11.8 Å². The molecular formula is C27H28N2O3. The van der Waals surface area contributed by atoms with Gasteiger partial charge in [0, 0.05) is 31.6 Å². The van der Waals surface area contributed by atoms with Crippen LogP contribution in [-0.4, -0.2) is 34.7 Å². The highest BCUT2D eigenvalue weighted by atomic mass is 16.3. The Morgan fingerprint density at radius 3 is 2.25 bits per heavy atom. The van der Waals surface area contributed by atoms with Gasteiger partial charge >= 0.3 is 0 Å². The fourth-order valence-electron chi connectivity index (χ4n) is 4.05. The summed E-state index contributed by atoms with van der Waals surface area (Å²) in [6.45, 7) is 2.17. The molecule has 1 saturated heterocycles. The van der Waals surface area contributed by atoms with Gasteiger partial charge in [0.05, 0.1) is 12.8 Å². The molecule has 0 N–H and O–H groups in total. The van der Waals surface area contributed by atoms with E-state index in [-0.39, 0.29) is 17.7 Å². The third-order valence-corrected chi connectivity index (χ3v) is 5.83. The number of rotatable bonds is 7. The van der Waals surface area contributed by atoms with Gasteiger partial charge in [-0.2, -0.15) is 0 Å². The van der Waals surface area contributed by atoms with Gasteiger partial charge in [-0.05, 0) is 42.2 Å². The molecule has 164 valence electrons. The van der Waals surface area contributed by atoms with Crippen LogP contribution in [0.4, 0.5) is 0 Å². The lowest BCUT2D eigenvalue weighted by Gasteiger charge is -2.33. The highest BCUT2D eigenvalue weighted by Crippen LogP contribution is 2.23. The number of hydrogen-bond acceptors (Lipinski definition) is 3. The van der Waals surface area contributed by atoms with Crippen LogP contribution in [0.5, 0.6) is 0 Å². The third-order valence-electron chi connectivity index (χ3n) is 5.83. The molecule has 5 nitrogen and oxygen atoms in total. The number of furan rings is 1. The van der Waals surface area contributed by atoms with Crippen LogP contribution in [0, 0.1) is 5.92 Å². The van der Waals surface area contributed by atoms with Crippen LogP contribution >= 0.6 is 0 Å². The average molecular weight is 429 g/mol. The summed E-state index contributed by atoms with van der Waals surface area (Å²) >= 11 is 0. The zero-order valence-corrected chi connectivity index (χ0v) is 18.1. The summed E-state index contributed by atoms with van der Waals surface area (Å²) in [6, 6.07) is 23.5. The Morgan fingerprint density at radius 1 is 0.906 bits per heavy atom. The Bertz CT molecular complexity index is 1020. The van der Waals surface area contributed by atoms with Gasteiger partial charge in [0.15, 0.2) is 0 Å². The number of carbonyl (C=O) groups excluding carboxylic acids is 2. The summed E-state index contributed by atoms with van der Waals surface area (Å²) < 4.78 is 5.50. The van der Waals surface area contributed by atoms with E-state index >= 15 is 0 Å². The molecule has 2 amide bonds. The summed E-state index contributed by atoms with van der Waals surface area (Å²) in [7, 11) is 0. The van der Waals surface area contributed by atoms with E-state index in [1.54, 1.807) is 12.3 Å². The molecule has 3 aromatic rings. The monoisotopic (exact) mass is 428 g/mol. The Morgan fingerprint density at radius 2 is 1.59 bits per heavy atom. The second-order valence-electron chi connectivity index (χ2n) is 8.10. The molecule has 2 heterocycles. The first-order chi connectivity index (χ1) is 15.7. The highest BCUT2D eigenvalue weighted by molar-refractivity contribution is 5.92. The maximum Gasteiger partial charge on any atom is 0.246 e. The number of piperidine rings is 1. The molecule has 1 aliphatic rings. The van der Waals surface area contributed by atoms with Crippen molar-refractivity contribution in [2.24, 2.45) is 5.92 Å². The summed E-state index contributed by atoms with van der Waals surface area (Å²) in [5, 5.41) is 0. The zero-order valence-electron chi connectivity index (χ0n) is 18.1. The van der Waals surface area contributed by atoms with Gasteiger partial charge < -0.3 is 14.2 Å². The van der Waals surface area contributed by atoms with E-state index in [1.807, 2.05) is 88.7 Å². The molecule has 4 rings (SSSR count). The Hall–Kier alpha value is -3.60. The minimum Gasteiger partial charge on any atom is -0.467 e. The number of carbonyl (C=O) groups is 2. The van der Waals surface area contributed by atoms with Crippen LogP contribution in [0.25, 0.3) is 6.08 Å². The summed E-state index contributed by atoms with van der Waals surface area (Å²) in [5.74, 6) is 0.803. The molecule has 2 aromatic carbocycles. The minimum absolute atomic E-state index is 0.00326. The summed E-state index contributed by atoms with van der Waals surface area (Å²) in [5.41, 5.74) is 2.09. The molecule has 0 atom stereocenters. The van der Waals surface area contributed by atoms with Gasteiger partial charge in [-0.25, -0.2) is 0 Å². The van der Waals surface area contributed by atoms with E-state index in [0.717, 1.165) is 16.9 Å². The Balaban J connectivity index is 1.36. The van der Waals surface area contributed by atoms with Crippen LogP contribution in [-0.2, 0) is 22.7 Å². The molecule has 1 aliphatic heterocycles. The van der Waals surface area contributed by atoms with Crippen molar-refractivity contribution < 1.29 is 14.0 Å². The minimum atomic E-state index is -0.0872. The van der Waals surface area contributed by atoms with E-state index in [2.05, 4.69) is 0 Å². The van der Waals surface area contributed by atoms with Crippen molar-refractivity contribution in [3.8, 4) is 0 Å². The van der Waals surface area contributed by atoms with Crippen molar-refractivity contribution in [3.05, 3.63) is 102 Å². The van der Waals surface area contributed by atoms with Crippen molar-refractivity contribution in [2.75, 3.05) is 13.1 Å². The topological polar surface area (TPSA) is 53.8 Å². The number of likely N-dealkylation sites (tertiary alicyclic amines) is 1. The lowest BCUT2D eigenvalue weighted by molar-refractivity contribution is -0.140. The molecule has 0 aliphatic carbocycles.